The van der Waals surface area contributed by atoms with Crippen molar-refractivity contribution < 1.29 is 14.3 Å². The number of hydrogen-bond donors (Lipinski definition) is 1. The van der Waals surface area contributed by atoms with Crippen LogP contribution in [0.5, 0.6) is 5.75 Å². The first kappa shape index (κ1) is 18.9. The quantitative estimate of drug-likeness (QED) is 0.762. The van der Waals surface area contributed by atoms with Crippen molar-refractivity contribution in [1.29, 1.82) is 0 Å². The standard InChI is InChI=1S/C21H27NO3S/c1-2-25-19-6-4-18(5-7-19)21(10-12-24-13-11-21)16-22-20(23)8-3-17-9-14-26-15-17/h4-7,9,14-15H,2-3,8,10-13,16H2,1H3,(H,22,23). The molecule has 5 heteroatoms. The van der Waals surface area contributed by atoms with Crippen molar-refractivity contribution >= 4 is 17.2 Å². The highest BCUT2D eigenvalue weighted by molar-refractivity contribution is 7.07. The van der Waals surface area contributed by atoms with E-state index in [0.29, 0.717) is 19.6 Å². The zero-order chi connectivity index (χ0) is 18.2. The van der Waals surface area contributed by atoms with Crippen LogP contribution in [0.1, 0.15) is 37.3 Å². The number of ether oxygens (including phenoxy) is 2. The monoisotopic (exact) mass is 373 g/mol. The normalized spacial score (nSPS) is 16.2. The molecule has 0 saturated carbocycles. The zero-order valence-electron chi connectivity index (χ0n) is 15.3. The van der Waals surface area contributed by atoms with E-state index in [0.717, 1.165) is 38.2 Å². The summed E-state index contributed by atoms with van der Waals surface area (Å²) in [4.78, 5) is 12.3. The molecule has 1 aromatic heterocycles. The van der Waals surface area contributed by atoms with Crippen LogP contribution in [0.15, 0.2) is 41.1 Å². The maximum atomic E-state index is 12.3. The fourth-order valence-electron chi connectivity index (χ4n) is 3.45. The van der Waals surface area contributed by atoms with Crippen molar-refractivity contribution in [2.75, 3.05) is 26.4 Å². The van der Waals surface area contributed by atoms with Gasteiger partial charge < -0.3 is 14.8 Å². The number of nitrogens with one attached hydrogen (secondary N) is 1. The van der Waals surface area contributed by atoms with Gasteiger partial charge in [-0.05, 0) is 66.3 Å². The van der Waals surface area contributed by atoms with E-state index in [1.165, 1.54) is 11.1 Å². The van der Waals surface area contributed by atoms with Crippen LogP contribution in [0.4, 0.5) is 0 Å². The molecule has 0 spiro atoms. The third kappa shape index (κ3) is 4.86. The average molecular weight is 374 g/mol. The van der Waals surface area contributed by atoms with Crippen molar-refractivity contribution in [3.63, 3.8) is 0 Å². The van der Waals surface area contributed by atoms with Crippen molar-refractivity contribution in [1.82, 2.24) is 5.32 Å². The van der Waals surface area contributed by atoms with E-state index in [2.05, 4.69) is 34.3 Å². The van der Waals surface area contributed by atoms with Gasteiger partial charge in [0.25, 0.3) is 0 Å². The molecular formula is C21H27NO3S. The molecule has 2 heterocycles. The molecule has 1 N–H and O–H groups in total. The summed E-state index contributed by atoms with van der Waals surface area (Å²) in [5, 5.41) is 7.33. The van der Waals surface area contributed by atoms with E-state index in [-0.39, 0.29) is 11.3 Å². The summed E-state index contributed by atoms with van der Waals surface area (Å²) in [5.41, 5.74) is 2.43. The fourth-order valence-corrected chi connectivity index (χ4v) is 4.15. The summed E-state index contributed by atoms with van der Waals surface area (Å²) in [7, 11) is 0. The second-order valence-corrected chi connectivity index (χ2v) is 7.54. The van der Waals surface area contributed by atoms with Crippen LogP contribution < -0.4 is 10.1 Å². The molecule has 0 radical (unpaired) electrons. The lowest BCUT2D eigenvalue weighted by atomic mass is 9.74. The van der Waals surface area contributed by atoms with Crippen LogP contribution in [-0.2, 0) is 21.4 Å². The average Bonchev–Trinajstić information content (AvgIpc) is 3.20. The Morgan fingerprint density at radius 2 is 2.00 bits per heavy atom. The molecule has 1 saturated heterocycles. The predicted molar refractivity (Wildman–Crippen MR) is 105 cm³/mol. The van der Waals surface area contributed by atoms with E-state index in [9.17, 15) is 4.79 Å². The van der Waals surface area contributed by atoms with Gasteiger partial charge in [-0.25, -0.2) is 0 Å². The number of rotatable bonds is 8. The molecule has 140 valence electrons. The number of carbonyl (C=O) groups excluding carboxylic acids is 1. The highest BCUT2D eigenvalue weighted by Gasteiger charge is 2.34. The van der Waals surface area contributed by atoms with Gasteiger partial charge in [0.15, 0.2) is 0 Å². The lowest BCUT2D eigenvalue weighted by Gasteiger charge is -2.38. The highest BCUT2D eigenvalue weighted by Crippen LogP contribution is 2.35. The molecule has 0 bridgehead atoms. The van der Waals surface area contributed by atoms with Crippen LogP contribution in [0.3, 0.4) is 0 Å². The van der Waals surface area contributed by atoms with Crippen LogP contribution in [0, 0.1) is 0 Å². The summed E-state index contributed by atoms with van der Waals surface area (Å²) in [6.45, 7) is 4.78. The maximum Gasteiger partial charge on any atom is 0.220 e. The number of thiophene rings is 1. The molecule has 1 amide bonds. The minimum atomic E-state index is -0.0545. The van der Waals surface area contributed by atoms with E-state index >= 15 is 0 Å². The van der Waals surface area contributed by atoms with Gasteiger partial charge in [-0.3, -0.25) is 4.79 Å². The molecule has 0 unspecified atom stereocenters. The predicted octanol–water partition coefficient (Wildman–Crippen LogP) is 3.94. The lowest BCUT2D eigenvalue weighted by molar-refractivity contribution is -0.121. The summed E-state index contributed by atoms with van der Waals surface area (Å²) in [5.74, 6) is 1.01. The van der Waals surface area contributed by atoms with Crippen LogP contribution in [0.25, 0.3) is 0 Å². The molecule has 4 nitrogen and oxygen atoms in total. The van der Waals surface area contributed by atoms with Crippen molar-refractivity contribution in [3.8, 4) is 5.75 Å². The van der Waals surface area contributed by atoms with Gasteiger partial charge in [0, 0.05) is 31.6 Å². The number of amides is 1. The molecule has 26 heavy (non-hydrogen) atoms. The van der Waals surface area contributed by atoms with Gasteiger partial charge in [0.2, 0.25) is 5.91 Å². The van der Waals surface area contributed by atoms with Gasteiger partial charge in [-0.1, -0.05) is 12.1 Å². The second kappa shape index (κ2) is 9.19. The molecule has 0 aliphatic carbocycles. The van der Waals surface area contributed by atoms with Crippen LogP contribution in [-0.4, -0.2) is 32.3 Å². The minimum absolute atomic E-state index is 0.0545. The minimum Gasteiger partial charge on any atom is -0.494 e. The molecule has 3 rings (SSSR count). The Balaban J connectivity index is 1.62. The van der Waals surface area contributed by atoms with Crippen LogP contribution in [0.2, 0.25) is 0 Å². The first-order chi connectivity index (χ1) is 12.7. The largest absolute Gasteiger partial charge is 0.494 e. The zero-order valence-corrected chi connectivity index (χ0v) is 16.1. The summed E-state index contributed by atoms with van der Waals surface area (Å²) < 4.78 is 11.1. The third-order valence-electron chi connectivity index (χ3n) is 5.07. The van der Waals surface area contributed by atoms with Gasteiger partial charge in [0.05, 0.1) is 6.61 Å². The molecule has 1 fully saturated rings. The van der Waals surface area contributed by atoms with Gasteiger partial charge in [0.1, 0.15) is 5.75 Å². The van der Waals surface area contributed by atoms with Gasteiger partial charge in [-0.15, -0.1) is 0 Å². The Morgan fingerprint density at radius 1 is 1.23 bits per heavy atom. The topological polar surface area (TPSA) is 47.6 Å². The van der Waals surface area contributed by atoms with Crippen LogP contribution >= 0.6 is 11.3 Å². The summed E-state index contributed by atoms with van der Waals surface area (Å²) in [6, 6.07) is 10.4. The smallest absolute Gasteiger partial charge is 0.220 e. The Kier molecular flexibility index (Phi) is 6.69. The summed E-state index contributed by atoms with van der Waals surface area (Å²) in [6.07, 6.45) is 3.18. The van der Waals surface area contributed by atoms with E-state index in [1.807, 2.05) is 19.1 Å². The second-order valence-electron chi connectivity index (χ2n) is 6.76. The van der Waals surface area contributed by atoms with Crippen molar-refractivity contribution in [3.05, 3.63) is 52.2 Å². The van der Waals surface area contributed by atoms with E-state index in [1.54, 1.807) is 11.3 Å². The Bertz CT molecular complexity index is 676. The van der Waals surface area contributed by atoms with Crippen molar-refractivity contribution in [2.24, 2.45) is 0 Å². The molecule has 2 aromatic rings. The Labute approximate surface area is 159 Å². The molecule has 1 aromatic carbocycles. The number of carbonyl (C=O) groups is 1. The first-order valence-corrected chi connectivity index (χ1v) is 10.2. The molecular weight excluding hydrogens is 346 g/mol. The van der Waals surface area contributed by atoms with Crippen molar-refractivity contribution in [2.45, 2.75) is 38.0 Å². The van der Waals surface area contributed by atoms with E-state index < -0.39 is 0 Å². The third-order valence-corrected chi connectivity index (χ3v) is 5.80. The Morgan fingerprint density at radius 3 is 2.65 bits per heavy atom. The van der Waals surface area contributed by atoms with Gasteiger partial charge >= 0.3 is 0 Å². The number of benzene rings is 1. The lowest BCUT2D eigenvalue weighted by Crippen LogP contribution is -2.44. The number of hydrogen-bond acceptors (Lipinski definition) is 4. The Hall–Kier alpha value is -1.85. The highest BCUT2D eigenvalue weighted by atomic mass is 32.1. The van der Waals surface area contributed by atoms with E-state index in [4.69, 9.17) is 9.47 Å². The maximum absolute atomic E-state index is 12.3. The van der Waals surface area contributed by atoms with Gasteiger partial charge in [-0.2, -0.15) is 11.3 Å². The molecule has 1 aliphatic heterocycles. The first-order valence-electron chi connectivity index (χ1n) is 9.31. The number of aryl methyl sites for hydroxylation is 1. The molecule has 0 atom stereocenters. The SMILES string of the molecule is CCOc1ccc(C2(CNC(=O)CCc3ccsc3)CCOCC2)cc1. The fraction of sp³-hybridized carbons (Fsp3) is 0.476. The molecule has 1 aliphatic rings. The summed E-state index contributed by atoms with van der Waals surface area (Å²) >= 11 is 1.67.